The van der Waals surface area contributed by atoms with Crippen molar-refractivity contribution in [2.75, 3.05) is 0 Å². The van der Waals surface area contributed by atoms with Gasteiger partial charge in [-0.3, -0.25) is 9.59 Å². The molecule has 0 fully saturated rings. The van der Waals surface area contributed by atoms with Crippen LogP contribution in [-0.4, -0.2) is 44.4 Å². The largest absolute Gasteiger partial charge is 0.448 e. The first-order valence-corrected chi connectivity index (χ1v) is 17.3. The number of hydrogen-bond acceptors (Lipinski definition) is 12. The topological polar surface area (TPSA) is 253 Å². The van der Waals surface area contributed by atoms with Gasteiger partial charge in [-0.1, -0.05) is 39.5 Å². The Morgan fingerprint density at radius 1 is 0.771 bits per heavy atom. The number of nitrogens with one attached hydrogen (secondary N) is 4. The fourth-order valence-electron chi connectivity index (χ4n) is 4.35. The number of nitrogens with zero attached hydrogens (tertiary/aromatic N) is 4. The van der Waals surface area contributed by atoms with E-state index in [1.165, 1.54) is 37.1 Å². The van der Waals surface area contributed by atoms with E-state index in [-0.39, 0.29) is 21.2 Å². The van der Waals surface area contributed by atoms with E-state index in [0.29, 0.717) is 47.4 Å². The molecule has 4 aromatic heterocycles. The Bertz CT molecular complexity index is 1760. The third-order valence-corrected chi connectivity index (χ3v) is 9.06. The zero-order valence-corrected chi connectivity index (χ0v) is 28.0. The van der Waals surface area contributed by atoms with E-state index < -0.39 is 22.9 Å². The normalized spacial score (nSPS) is 11.5. The fraction of sp³-hybridized carbons (Fsp3) is 0.333. The molecule has 48 heavy (non-hydrogen) atoms. The van der Waals surface area contributed by atoms with Gasteiger partial charge in [-0.2, -0.15) is 10.2 Å². The first-order chi connectivity index (χ1) is 23.2. The summed E-state index contributed by atoms with van der Waals surface area (Å²) in [6.45, 7) is 4.20. The molecule has 0 aliphatic rings. The van der Waals surface area contributed by atoms with Crippen LogP contribution >= 0.6 is 21.6 Å². The molecule has 0 aromatic carbocycles. The Kier molecular flexibility index (Phi) is 13.2. The van der Waals surface area contributed by atoms with Crippen molar-refractivity contribution in [1.29, 1.82) is 0 Å². The van der Waals surface area contributed by atoms with Crippen molar-refractivity contribution < 1.29 is 18.4 Å². The van der Waals surface area contributed by atoms with Crippen LogP contribution in [0.2, 0.25) is 0 Å². The number of amides is 4. The van der Waals surface area contributed by atoms with Gasteiger partial charge in [0.15, 0.2) is 22.6 Å². The number of urea groups is 2. The molecule has 4 heterocycles. The molecule has 16 nitrogen and oxygen atoms in total. The van der Waals surface area contributed by atoms with E-state index in [1.807, 2.05) is 0 Å². The van der Waals surface area contributed by atoms with Gasteiger partial charge in [0, 0.05) is 25.0 Å². The molecule has 0 saturated heterocycles. The lowest BCUT2D eigenvalue weighted by atomic mass is 10.2. The number of carbonyl (C=O) groups excluding carboxylic acids is 2. The fourth-order valence-corrected chi connectivity index (χ4v) is 6.77. The third kappa shape index (κ3) is 10.2. The first kappa shape index (κ1) is 35.7. The maximum Gasteiger partial charge on any atom is 0.332 e. The summed E-state index contributed by atoms with van der Waals surface area (Å²) in [5.74, 6) is 1.03. The van der Waals surface area contributed by atoms with Gasteiger partial charge < -0.3 is 30.3 Å². The van der Waals surface area contributed by atoms with Crippen LogP contribution in [-0.2, 0) is 12.8 Å². The van der Waals surface area contributed by atoms with Gasteiger partial charge >= 0.3 is 12.1 Å². The number of aryl methyl sites for hydroxylation is 2. The van der Waals surface area contributed by atoms with Crippen LogP contribution in [0.5, 0.6) is 0 Å². The lowest BCUT2D eigenvalue weighted by Gasteiger charge is -2.10. The van der Waals surface area contributed by atoms with E-state index in [9.17, 15) is 19.2 Å². The highest BCUT2D eigenvalue weighted by Gasteiger charge is 2.21. The summed E-state index contributed by atoms with van der Waals surface area (Å²) in [5.41, 5.74) is 15.5. The van der Waals surface area contributed by atoms with E-state index in [1.54, 1.807) is 0 Å². The lowest BCUT2D eigenvalue weighted by molar-refractivity contribution is 0.248. The van der Waals surface area contributed by atoms with Crippen molar-refractivity contribution in [2.45, 2.75) is 75.0 Å². The van der Waals surface area contributed by atoms with Gasteiger partial charge in [-0.25, -0.2) is 30.4 Å². The van der Waals surface area contributed by atoms with Crippen molar-refractivity contribution in [2.24, 2.45) is 21.7 Å². The Balaban J connectivity index is 1.73. The van der Waals surface area contributed by atoms with Crippen LogP contribution in [0, 0.1) is 0 Å². The summed E-state index contributed by atoms with van der Waals surface area (Å²) in [7, 11) is 2.07. The van der Waals surface area contributed by atoms with Crippen molar-refractivity contribution >= 4 is 46.1 Å². The van der Waals surface area contributed by atoms with Gasteiger partial charge in [-0.05, 0) is 34.4 Å². The van der Waals surface area contributed by atoms with E-state index in [0.717, 1.165) is 60.1 Å². The zero-order valence-electron chi connectivity index (χ0n) is 26.3. The highest BCUT2D eigenvalue weighted by Crippen LogP contribution is 2.41. The molecule has 8 N–H and O–H groups in total. The molecule has 0 spiro atoms. The number of rotatable bonds is 17. The van der Waals surface area contributed by atoms with Crippen molar-refractivity contribution in [3.63, 3.8) is 0 Å². The highest BCUT2D eigenvalue weighted by atomic mass is 33.1. The number of unbranched alkanes of at least 4 members (excludes halogenated alkanes) is 4. The second-order valence-corrected chi connectivity index (χ2v) is 12.5. The maximum atomic E-state index is 13.5. The van der Waals surface area contributed by atoms with Crippen molar-refractivity contribution in [1.82, 2.24) is 30.8 Å². The number of nitrogens with two attached hydrogens (primary N) is 2. The first-order valence-electron chi connectivity index (χ1n) is 15.1. The number of aromatic nitrogens is 4. The summed E-state index contributed by atoms with van der Waals surface area (Å²) in [6, 6.07) is 0.844. The number of hydrogen-bond donors (Lipinski definition) is 6. The van der Waals surface area contributed by atoms with Crippen LogP contribution in [0.25, 0.3) is 22.8 Å². The number of pyridine rings is 2. The number of H-pyrrole nitrogens is 2. The summed E-state index contributed by atoms with van der Waals surface area (Å²) < 4.78 is 11.4. The standard InChI is InChI=1S/C30H36N10O6S2/c1-3-5-7-9-23-37-19(15-45-23)25-27(21(41)11-17(35-25)13-33-39-29(31)43)47-48-28-22(42)12-18(14-34-40-30(32)44)36-26(28)20-16-46-24(38-20)10-8-6-4-2/h11-16H,3-10H2,1-2H3,(H,35,41)(H,36,42)(H3,31,39,43)(H3,32,40,44)/b33-13+,34-14+. The van der Waals surface area contributed by atoms with E-state index >= 15 is 0 Å². The predicted octanol–water partition coefficient (Wildman–Crippen LogP) is 4.64. The van der Waals surface area contributed by atoms with Gasteiger partial charge in [0.25, 0.3) is 0 Å². The molecular weight excluding hydrogens is 661 g/mol. The Labute approximate surface area is 282 Å². The molecule has 0 unspecified atom stereocenters. The van der Waals surface area contributed by atoms with Gasteiger partial charge in [-0.15, -0.1) is 0 Å². The van der Waals surface area contributed by atoms with Gasteiger partial charge in [0.1, 0.15) is 23.9 Å². The SMILES string of the molecule is CCCCCc1nc(-c2[nH]c(/C=N/NC(N)=O)cc(=O)c2SSc2c(-c3coc(CCCCC)n3)[nH]c(/C=N/NC(N)=O)cc2=O)co1. The molecule has 254 valence electrons. The van der Waals surface area contributed by atoms with Crippen molar-refractivity contribution in [3.8, 4) is 22.8 Å². The zero-order chi connectivity index (χ0) is 34.5. The van der Waals surface area contributed by atoms with Gasteiger partial charge in [0.2, 0.25) is 0 Å². The molecular formula is C30H36N10O6S2. The molecule has 4 rings (SSSR count). The van der Waals surface area contributed by atoms with Crippen LogP contribution in [0.4, 0.5) is 9.59 Å². The summed E-state index contributed by atoms with van der Waals surface area (Å²) in [5, 5.41) is 7.48. The second kappa shape index (κ2) is 17.7. The molecule has 0 bridgehead atoms. The minimum Gasteiger partial charge on any atom is -0.448 e. The molecule has 0 atom stereocenters. The molecule has 0 saturated carbocycles. The van der Waals surface area contributed by atoms with Gasteiger partial charge in [0.05, 0.1) is 45.0 Å². The quantitative estimate of drug-likeness (QED) is 0.0386. The Morgan fingerprint density at radius 2 is 1.19 bits per heavy atom. The minimum absolute atomic E-state index is 0.232. The highest BCUT2D eigenvalue weighted by molar-refractivity contribution is 8.76. The molecule has 0 radical (unpaired) electrons. The van der Waals surface area contributed by atoms with E-state index in [2.05, 4.69) is 54.8 Å². The third-order valence-electron chi connectivity index (χ3n) is 6.58. The number of aromatic amines is 2. The minimum atomic E-state index is -0.867. The summed E-state index contributed by atoms with van der Waals surface area (Å²) >= 11 is 0. The molecule has 0 aliphatic heterocycles. The number of hydrazone groups is 2. The average molecular weight is 697 g/mol. The smallest absolute Gasteiger partial charge is 0.332 e. The van der Waals surface area contributed by atoms with Crippen molar-refractivity contribution in [3.05, 3.63) is 68.3 Å². The molecule has 0 aliphatic carbocycles. The molecule has 4 aromatic rings. The Morgan fingerprint density at radius 3 is 1.56 bits per heavy atom. The van der Waals surface area contributed by atoms with Crippen LogP contribution in [0.3, 0.4) is 0 Å². The monoisotopic (exact) mass is 696 g/mol. The van der Waals surface area contributed by atoms with Crippen LogP contribution in [0.15, 0.2) is 63.1 Å². The van der Waals surface area contributed by atoms with E-state index in [4.69, 9.17) is 20.3 Å². The molecule has 4 amide bonds. The van der Waals surface area contributed by atoms with Crippen LogP contribution in [0.1, 0.15) is 75.5 Å². The lowest BCUT2D eigenvalue weighted by Crippen LogP contribution is -2.24. The number of primary amides is 2. The Hall–Kier alpha value is -5.10. The number of oxazole rings is 2. The molecule has 18 heteroatoms. The van der Waals surface area contributed by atoms with Crippen LogP contribution < -0.4 is 33.2 Å². The summed E-state index contributed by atoms with van der Waals surface area (Å²) in [6.07, 6.45) is 12.5. The predicted molar refractivity (Wildman–Crippen MR) is 184 cm³/mol. The summed E-state index contributed by atoms with van der Waals surface area (Å²) in [4.78, 5) is 65.0. The second-order valence-electron chi connectivity index (χ2n) is 10.4. The number of carbonyl (C=O) groups is 2. The average Bonchev–Trinajstić information content (AvgIpc) is 3.71. The maximum absolute atomic E-state index is 13.5.